The molecule has 0 saturated carbocycles. The molecular weight excluding hydrogens is 975 g/mol. The summed E-state index contributed by atoms with van der Waals surface area (Å²) in [6, 6.07) is 40.8. The SMILES string of the molecule is Cc1ccc(Oc2[c-]c3c(cc2)c2ccc(Oc4[c-]c(-c5ccccn5)c(C)cc4)[c-]c2n3-c2ncncn2)[c-]c1-c1ccccn1.[Pt+2].[Pt+2]. The second-order valence-corrected chi connectivity index (χ2v) is 10.8. The second-order valence-electron chi connectivity index (χ2n) is 10.8. The van der Waals surface area contributed by atoms with Gasteiger partial charge in [-0.3, -0.25) is 0 Å². The smallest absolute Gasteiger partial charge is 0.503 e. The van der Waals surface area contributed by atoms with Gasteiger partial charge in [0.05, 0.1) is 0 Å². The van der Waals surface area contributed by atoms with Gasteiger partial charge in [-0.25, -0.2) is 15.0 Å². The Morgan fingerprint density at radius 2 is 0.959 bits per heavy atom. The molecule has 10 heteroatoms. The van der Waals surface area contributed by atoms with Crippen molar-refractivity contribution in [2.45, 2.75) is 13.8 Å². The number of rotatable bonds is 7. The Labute approximate surface area is 311 Å². The fourth-order valence-corrected chi connectivity index (χ4v) is 5.50. The van der Waals surface area contributed by atoms with Crippen LogP contribution >= 0.6 is 0 Å². The van der Waals surface area contributed by atoms with Gasteiger partial charge in [0.1, 0.15) is 12.7 Å². The van der Waals surface area contributed by atoms with Crippen LogP contribution in [0.3, 0.4) is 0 Å². The largest absolute Gasteiger partial charge is 2.00 e. The van der Waals surface area contributed by atoms with Crippen LogP contribution in [0, 0.1) is 38.1 Å². The zero-order chi connectivity index (χ0) is 31.7. The summed E-state index contributed by atoms with van der Waals surface area (Å²) in [6.45, 7) is 4.06. The normalized spacial score (nSPS) is 10.7. The van der Waals surface area contributed by atoms with Crippen LogP contribution in [-0.4, -0.2) is 29.5 Å². The first kappa shape index (κ1) is 33.9. The van der Waals surface area contributed by atoms with E-state index < -0.39 is 0 Å². The number of pyridine rings is 2. The van der Waals surface area contributed by atoms with Crippen LogP contribution in [0.25, 0.3) is 50.3 Å². The van der Waals surface area contributed by atoms with E-state index in [2.05, 4.69) is 49.2 Å². The zero-order valence-corrected chi connectivity index (χ0v) is 30.6. The molecule has 4 aromatic carbocycles. The fourth-order valence-electron chi connectivity index (χ4n) is 5.50. The first-order chi connectivity index (χ1) is 23.1. The van der Waals surface area contributed by atoms with Crippen LogP contribution in [0.15, 0.2) is 110 Å². The van der Waals surface area contributed by atoms with E-state index in [1.54, 1.807) is 12.4 Å². The average molecular weight is 999 g/mol. The minimum absolute atomic E-state index is 0. The molecular formula is C39H24N6O2Pt2. The Balaban J connectivity index is 0.00000208. The van der Waals surface area contributed by atoms with Crippen molar-refractivity contribution >= 4 is 21.8 Å². The minimum atomic E-state index is 0. The minimum Gasteiger partial charge on any atom is -0.503 e. The van der Waals surface area contributed by atoms with Gasteiger partial charge in [-0.1, -0.05) is 61.3 Å². The van der Waals surface area contributed by atoms with Crippen LogP contribution in [0.4, 0.5) is 0 Å². The molecule has 0 unspecified atom stereocenters. The number of hydrogen-bond donors (Lipinski definition) is 0. The van der Waals surface area contributed by atoms with Crippen molar-refractivity contribution in [3.63, 3.8) is 0 Å². The standard InChI is InChI=1S/C39H24N6O2.2Pt/c1-25-9-11-27(19-33(25)35-7-3-5-17-41-35)46-29-13-15-31-32-16-14-30(22-38(32)45(37(31)21-29)39-43-23-40-24-44-39)47-28-12-10-26(2)34(20-28)36-8-4-6-18-42-36;;/h3-18,23-24H,1-2H3;;/q-4;2*+2. The van der Waals surface area contributed by atoms with Crippen LogP contribution in [0.2, 0.25) is 0 Å². The molecule has 0 aliphatic rings. The molecule has 0 fully saturated rings. The van der Waals surface area contributed by atoms with Crippen LogP contribution < -0.4 is 9.47 Å². The first-order valence-corrected chi connectivity index (χ1v) is 14.9. The van der Waals surface area contributed by atoms with Crippen molar-refractivity contribution in [1.29, 1.82) is 0 Å². The molecule has 0 atom stereocenters. The third-order valence-electron chi connectivity index (χ3n) is 7.75. The van der Waals surface area contributed by atoms with Crippen molar-refractivity contribution in [3.8, 4) is 51.5 Å². The predicted molar refractivity (Wildman–Crippen MR) is 178 cm³/mol. The first-order valence-electron chi connectivity index (χ1n) is 14.9. The van der Waals surface area contributed by atoms with E-state index in [4.69, 9.17) is 9.47 Å². The molecule has 0 aliphatic carbocycles. The number of benzene rings is 4. The Bertz CT molecular complexity index is 2240. The van der Waals surface area contributed by atoms with Gasteiger partial charge in [-0.05, 0) is 23.5 Å². The van der Waals surface area contributed by atoms with Crippen LogP contribution in [0.5, 0.6) is 23.0 Å². The van der Waals surface area contributed by atoms with E-state index in [1.165, 1.54) is 12.7 Å². The van der Waals surface area contributed by atoms with Gasteiger partial charge in [0.25, 0.3) is 0 Å². The molecule has 0 N–H and O–H groups in total. The molecule has 8 aromatic rings. The molecule has 0 spiro atoms. The third-order valence-corrected chi connectivity index (χ3v) is 7.75. The van der Waals surface area contributed by atoms with Gasteiger partial charge in [0.15, 0.2) is 0 Å². The summed E-state index contributed by atoms with van der Waals surface area (Å²) in [5.41, 5.74) is 6.95. The van der Waals surface area contributed by atoms with Gasteiger partial charge < -0.3 is 24.0 Å². The number of fused-ring (bicyclic) bond motifs is 3. The summed E-state index contributed by atoms with van der Waals surface area (Å²) in [6.07, 6.45) is 6.46. The molecule has 0 aliphatic heterocycles. The number of aryl methyl sites for hydroxylation is 2. The Morgan fingerprint density at radius 3 is 1.41 bits per heavy atom. The van der Waals surface area contributed by atoms with Crippen molar-refractivity contribution in [3.05, 3.63) is 145 Å². The van der Waals surface area contributed by atoms with Crippen molar-refractivity contribution in [2.75, 3.05) is 0 Å². The van der Waals surface area contributed by atoms with Gasteiger partial charge in [0, 0.05) is 35.4 Å². The molecule has 0 amide bonds. The monoisotopic (exact) mass is 998 g/mol. The van der Waals surface area contributed by atoms with E-state index in [1.807, 2.05) is 103 Å². The maximum Gasteiger partial charge on any atom is 2.00 e. The van der Waals surface area contributed by atoms with Crippen molar-refractivity contribution in [1.82, 2.24) is 29.5 Å². The Morgan fingerprint density at radius 1 is 0.510 bits per heavy atom. The summed E-state index contributed by atoms with van der Waals surface area (Å²) in [7, 11) is 0. The zero-order valence-electron chi connectivity index (χ0n) is 26.0. The van der Waals surface area contributed by atoms with E-state index in [9.17, 15) is 0 Å². The van der Waals surface area contributed by atoms with Crippen molar-refractivity contribution in [2.24, 2.45) is 0 Å². The second kappa shape index (κ2) is 14.6. The molecule has 4 aromatic heterocycles. The molecule has 242 valence electrons. The third kappa shape index (κ3) is 6.80. The van der Waals surface area contributed by atoms with Gasteiger partial charge in [-0.15, -0.1) is 70.8 Å². The fraction of sp³-hybridized carbons (Fsp3) is 0.0513. The molecule has 4 heterocycles. The summed E-state index contributed by atoms with van der Waals surface area (Å²) >= 11 is 0. The summed E-state index contributed by atoms with van der Waals surface area (Å²) in [5.74, 6) is 2.54. The van der Waals surface area contributed by atoms with Gasteiger partial charge >= 0.3 is 42.1 Å². The molecule has 0 radical (unpaired) electrons. The molecule has 49 heavy (non-hydrogen) atoms. The quantitative estimate of drug-likeness (QED) is 0.148. The van der Waals surface area contributed by atoms with Crippen molar-refractivity contribution < 1.29 is 51.6 Å². The van der Waals surface area contributed by atoms with Gasteiger partial charge in [0.2, 0.25) is 5.95 Å². The maximum absolute atomic E-state index is 6.30. The predicted octanol–water partition coefficient (Wildman–Crippen LogP) is 8.49. The number of hydrogen-bond acceptors (Lipinski definition) is 7. The maximum atomic E-state index is 6.30. The number of aromatic nitrogens is 6. The van der Waals surface area contributed by atoms with Crippen LogP contribution in [-0.2, 0) is 42.1 Å². The topological polar surface area (TPSA) is 87.8 Å². The molecule has 8 rings (SSSR count). The summed E-state index contributed by atoms with van der Waals surface area (Å²) < 4.78 is 14.5. The Hall–Kier alpha value is -5.03. The van der Waals surface area contributed by atoms with E-state index in [0.717, 1.165) is 44.4 Å². The number of nitrogens with zero attached hydrogens (tertiary/aromatic N) is 6. The van der Waals surface area contributed by atoms with E-state index in [0.29, 0.717) is 40.0 Å². The average Bonchev–Trinajstić information content (AvgIpc) is 3.44. The van der Waals surface area contributed by atoms with E-state index in [-0.39, 0.29) is 42.1 Å². The van der Waals surface area contributed by atoms with Gasteiger partial charge in [-0.2, -0.15) is 22.9 Å². The molecule has 8 nitrogen and oxygen atoms in total. The van der Waals surface area contributed by atoms with Crippen LogP contribution in [0.1, 0.15) is 11.1 Å². The Kier molecular flexibility index (Phi) is 10.1. The molecule has 0 saturated heterocycles. The molecule has 0 bridgehead atoms. The summed E-state index contributed by atoms with van der Waals surface area (Å²) in [5, 5.41) is 1.86. The summed E-state index contributed by atoms with van der Waals surface area (Å²) in [4.78, 5) is 21.9. The number of ether oxygens (including phenoxy) is 2. The van der Waals surface area contributed by atoms with E-state index >= 15 is 0 Å².